The van der Waals surface area contributed by atoms with Crippen molar-refractivity contribution >= 4 is 5.91 Å². The topological polar surface area (TPSA) is 20.3 Å². The number of benzene rings is 1. The van der Waals surface area contributed by atoms with E-state index >= 15 is 0 Å². The van der Waals surface area contributed by atoms with Crippen LogP contribution in [0.1, 0.15) is 50.5 Å². The Bertz CT molecular complexity index is 532. The Labute approximate surface area is 140 Å². The molecular weight excluding hydrogens is 282 g/mol. The average molecular weight is 311 g/mol. The maximum Gasteiger partial charge on any atom is 0.222 e. The Kier molecular flexibility index (Phi) is 4.41. The summed E-state index contributed by atoms with van der Waals surface area (Å²) < 4.78 is 0. The monoisotopic (exact) mass is 311 g/mol. The van der Waals surface area contributed by atoms with E-state index in [0.717, 1.165) is 37.3 Å². The van der Waals surface area contributed by atoms with E-state index in [1.807, 2.05) is 0 Å². The number of hydrogen-bond acceptors (Lipinski definition) is 1. The number of carbonyl (C=O) groups is 1. The van der Waals surface area contributed by atoms with E-state index in [1.165, 1.54) is 50.5 Å². The second-order valence-electron chi connectivity index (χ2n) is 8.15. The number of likely N-dealkylation sites (tertiary alicyclic amines) is 1. The lowest BCUT2D eigenvalue weighted by Gasteiger charge is -2.33. The molecule has 23 heavy (non-hydrogen) atoms. The van der Waals surface area contributed by atoms with Crippen molar-refractivity contribution < 1.29 is 4.79 Å². The van der Waals surface area contributed by atoms with Gasteiger partial charge in [-0.25, -0.2) is 0 Å². The van der Waals surface area contributed by atoms with Gasteiger partial charge in [-0.15, -0.1) is 0 Å². The van der Waals surface area contributed by atoms with Crippen molar-refractivity contribution in [3.8, 4) is 0 Å². The predicted molar refractivity (Wildman–Crippen MR) is 93.0 cm³/mol. The zero-order valence-electron chi connectivity index (χ0n) is 14.1. The van der Waals surface area contributed by atoms with Crippen LogP contribution in [0, 0.1) is 23.7 Å². The first kappa shape index (κ1) is 15.2. The molecule has 2 heteroatoms. The summed E-state index contributed by atoms with van der Waals surface area (Å²) >= 11 is 0. The number of hydrogen-bond donors (Lipinski definition) is 0. The van der Waals surface area contributed by atoms with Gasteiger partial charge in [-0.05, 0) is 67.8 Å². The molecule has 2 nitrogen and oxygen atoms in total. The summed E-state index contributed by atoms with van der Waals surface area (Å²) in [7, 11) is 0. The lowest BCUT2D eigenvalue weighted by molar-refractivity contribution is -0.134. The summed E-state index contributed by atoms with van der Waals surface area (Å²) in [6, 6.07) is 10.8. The molecule has 2 saturated carbocycles. The van der Waals surface area contributed by atoms with Gasteiger partial charge in [0, 0.05) is 19.5 Å². The fourth-order valence-corrected chi connectivity index (χ4v) is 5.31. The number of carbonyl (C=O) groups excluding carboxylic acids is 1. The minimum Gasteiger partial charge on any atom is -0.343 e. The summed E-state index contributed by atoms with van der Waals surface area (Å²) in [6.07, 6.45) is 9.94. The Morgan fingerprint density at radius 2 is 1.78 bits per heavy atom. The summed E-state index contributed by atoms with van der Waals surface area (Å²) in [5.74, 6) is 3.74. The van der Waals surface area contributed by atoms with E-state index in [0.29, 0.717) is 11.8 Å². The van der Waals surface area contributed by atoms with Crippen molar-refractivity contribution in [2.24, 2.45) is 23.7 Å². The highest BCUT2D eigenvalue weighted by Crippen LogP contribution is 2.49. The van der Waals surface area contributed by atoms with Gasteiger partial charge in [-0.2, -0.15) is 0 Å². The van der Waals surface area contributed by atoms with Gasteiger partial charge in [0.25, 0.3) is 0 Å². The first-order chi connectivity index (χ1) is 11.3. The van der Waals surface area contributed by atoms with Gasteiger partial charge in [-0.1, -0.05) is 36.8 Å². The van der Waals surface area contributed by atoms with Crippen LogP contribution in [0.3, 0.4) is 0 Å². The molecule has 0 radical (unpaired) electrons. The normalized spacial score (nSPS) is 30.8. The molecule has 1 saturated heterocycles. The second kappa shape index (κ2) is 6.67. The quantitative estimate of drug-likeness (QED) is 0.812. The number of amides is 1. The molecule has 0 aromatic heterocycles. The summed E-state index contributed by atoms with van der Waals surface area (Å²) in [5.41, 5.74) is 1.44. The van der Waals surface area contributed by atoms with Crippen molar-refractivity contribution in [3.05, 3.63) is 35.9 Å². The lowest BCUT2D eigenvalue weighted by atomic mass is 9.85. The van der Waals surface area contributed by atoms with Gasteiger partial charge in [0.1, 0.15) is 0 Å². The van der Waals surface area contributed by atoms with Crippen molar-refractivity contribution in [2.45, 2.75) is 51.4 Å². The fraction of sp³-hybridized carbons (Fsp3) is 0.667. The molecule has 4 rings (SSSR count). The minimum absolute atomic E-state index is 0.445. The van der Waals surface area contributed by atoms with E-state index in [2.05, 4.69) is 35.2 Å². The fourth-order valence-electron chi connectivity index (χ4n) is 5.31. The zero-order valence-corrected chi connectivity index (χ0v) is 14.1. The van der Waals surface area contributed by atoms with Crippen molar-refractivity contribution in [1.29, 1.82) is 0 Å². The highest BCUT2D eigenvalue weighted by molar-refractivity contribution is 5.76. The number of fused-ring (bicyclic) bond motifs is 2. The molecule has 0 N–H and O–H groups in total. The third kappa shape index (κ3) is 3.46. The molecule has 1 heterocycles. The van der Waals surface area contributed by atoms with Crippen LogP contribution in [0.25, 0.3) is 0 Å². The molecule has 3 fully saturated rings. The van der Waals surface area contributed by atoms with Crippen LogP contribution in [-0.4, -0.2) is 23.9 Å². The number of nitrogens with zero attached hydrogens (tertiary/aromatic N) is 1. The number of rotatable bonds is 4. The Hall–Kier alpha value is -1.31. The van der Waals surface area contributed by atoms with Gasteiger partial charge in [0.2, 0.25) is 5.91 Å². The Balaban J connectivity index is 1.24. The molecule has 1 aromatic rings. The first-order valence-corrected chi connectivity index (χ1v) is 9.59. The minimum atomic E-state index is 0.445. The molecule has 2 aliphatic carbocycles. The van der Waals surface area contributed by atoms with Crippen LogP contribution < -0.4 is 0 Å². The van der Waals surface area contributed by atoms with Gasteiger partial charge < -0.3 is 4.90 Å². The van der Waals surface area contributed by atoms with Crippen LogP contribution in [-0.2, 0) is 11.2 Å². The van der Waals surface area contributed by atoms with Crippen LogP contribution >= 0.6 is 0 Å². The summed E-state index contributed by atoms with van der Waals surface area (Å²) in [6.45, 7) is 1.97. The van der Waals surface area contributed by atoms with Crippen LogP contribution in [0.2, 0.25) is 0 Å². The standard InChI is InChI=1S/C21H29NO/c23-21(15-20-14-18-6-7-19(20)13-18)22-10-8-17(9-11-22)12-16-4-2-1-3-5-16/h1-5,17-20H,6-15H2. The van der Waals surface area contributed by atoms with E-state index in [1.54, 1.807) is 0 Å². The predicted octanol–water partition coefficient (Wildman–Crippen LogP) is 4.29. The average Bonchev–Trinajstić information content (AvgIpc) is 3.19. The maximum absolute atomic E-state index is 12.6. The third-order valence-electron chi connectivity index (χ3n) is 6.66. The molecule has 1 aliphatic heterocycles. The summed E-state index contributed by atoms with van der Waals surface area (Å²) in [4.78, 5) is 14.8. The van der Waals surface area contributed by atoms with Crippen LogP contribution in [0.15, 0.2) is 30.3 Å². The largest absolute Gasteiger partial charge is 0.343 e. The molecule has 1 amide bonds. The van der Waals surface area contributed by atoms with E-state index in [-0.39, 0.29) is 0 Å². The molecule has 124 valence electrons. The first-order valence-electron chi connectivity index (χ1n) is 9.59. The zero-order chi connectivity index (χ0) is 15.6. The Morgan fingerprint density at radius 1 is 1.00 bits per heavy atom. The van der Waals surface area contributed by atoms with Crippen molar-refractivity contribution in [3.63, 3.8) is 0 Å². The molecule has 3 unspecified atom stereocenters. The van der Waals surface area contributed by atoms with Gasteiger partial charge in [-0.3, -0.25) is 4.79 Å². The van der Waals surface area contributed by atoms with Gasteiger partial charge in [0.05, 0.1) is 0 Å². The Morgan fingerprint density at radius 3 is 2.43 bits per heavy atom. The molecule has 3 atom stereocenters. The van der Waals surface area contributed by atoms with E-state index in [4.69, 9.17) is 0 Å². The molecule has 0 spiro atoms. The highest BCUT2D eigenvalue weighted by atomic mass is 16.2. The van der Waals surface area contributed by atoms with Crippen molar-refractivity contribution in [1.82, 2.24) is 4.90 Å². The van der Waals surface area contributed by atoms with Crippen LogP contribution in [0.4, 0.5) is 0 Å². The lowest BCUT2D eigenvalue weighted by Crippen LogP contribution is -2.40. The second-order valence-corrected chi connectivity index (χ2v) is 8.15. The van der Waals surface area contributed by atoms with Crippen molar-refractivity contribution in [2.75, 3.05) is 13.1 Å². The van der Waals surface area contributed by atoms with E-state index < -0.39 is 0 Å². The number of piperidine rings is 1. The molecule has 1 aromatic carbocycles. The molecule has 2 bridgehead atoms. The van der Waals surface area contributed by atoms with Crippen LogP contribution in [0.5, 0.6) is 0 Å². The van der Waals surface area contributed by atoms with E-state index in [9.17, 15) is 4.79 Å². The maximum atomic E-state index is 12.6. The van der Waals surface area contributed by atoms with Gasteiger partial charge in [0.15, 0.2) is 0 Å². The SMILES string of the molecule is O=C(CC1CC2CCC1C2)N1CCC(Cc2ccccc2)CC1. The summed E-state index contributed by atoms with van der Waals surface area (Å²) in [5, 5.41) is 0. The van der Waals surface area contributed by atoms with Gasteiger partial charge >= 0.3 is 0 Å². The smallest absolute Gasteiger partial charge is 0.222 e. The molecule has 3 aliphatic rings. The highest BCUT2D eigenvalue weighted by Gasteiger charge is 2.40. The molecular formula is C21H29NO. The third-order valence-corrected chi connectivity index (χ3v) is 6.66.